The maximum Gasteiger partial charge on any atom is 0.141 e. The Balaban J connectivity index is 2.19. The lowest BCUT2D eigenvalue weighted by Crippen LogP contribution is -2.26. The van der Waals surface area contributed by atoms with Gasteiger partial charge in [-0.3, -0.25) is 0 Å². The molecule has 0 amide bonds. The predicted octanol–water partition coefficient (Wildman–Crippen LogP) is 2.39. The zero-order valence-corrected chi connectivity index (χ0v) is 9.90. The molecule has 1 aromatic heterocycles. The second kappa shape index (κ2) is 6.51. The Kier molecular flexibility index (Phi) is 5.26. The molecule has 0 aliphatic heterocycles. The topological polar surface area (TPSA) is 37.8 Å². The molecule has 0 bridgehead atoms. The van der Waals surface area contributed by atoms with Crippen LogP contribution in [0.25, 0.3) is 0 Å². The Morgan fingerprint density at radius 1 is 1.13 bits per heavy atom. The lowest BCUT2D eigenvalue weighted by Gasteiger charge is -2.14. The van der Waals surface area contributed by atoms with Gasteiger partial charge in [0.05, 0.1) is 6.54 Å². The summed E-state index contributed by atoms with van der Waals surface area (Å²) in [5.74, 6) is 1.65. The van der Waals surface area contributed by atoms with Crippen LogP contribution >= 0.6 is 0 Å². The third-order valence-electron chi connectivity index (χ3n) is 2.40. The Morgan fingerprint density at radius 3 is 2.40 bits per heavy atom. The molecule has 3 nitrogen and oxygen atoms in total. The maximum absolute atomic E-state index is 4.17. The molecule has 3 heteroatoms. The van der Waals surface area contributed by atoms with Gasteiger partial charge < -0.3 is 5.32 Å². The van der Waals surface area contributed by atoms with E-state index in [-0.39, 0.29) is 0 Å². The fraction of sp³-hybridized carbons (Fsp3) is 0.667. The first-order valence-corrected chi connectivity index (χ1v) is 5.67. The molecular formula is C12H21N3. The van der Waals surface area contributed by atoms with E-state index in [1.54, 1.807) is 12.4 Å². The maximum atomic E-state index is 4.17. The summed E-state index contributed by atoms with van der Waals surface area (Å²) in [4.78, 5) is 8.34. The van der Waals surface area contributed by atoms with Crippen LogP contribution in [-0.2, 0) is 6.54 Å². The van der Waals surface area contributed by atoms with Gasteiger partial charge in [-0.25, -0.2) is 9.97 Å². The second-order valence-corrected chi connectivity index (χ2v) is 4.42. The highest BCUT2D eigenvalue weighted by Crippen LogP contribution is 2.06. The van der Waals surface area contributed by atoms with Gasteiger partial charge >= 0.3 is 0 Å². The third-order valence-corrected chi connectivity index (χ3v) is 2.40. The van der Waals surface area contributed by atoms with Crippen molar-refractivity contribution >= 4 is 0 Å². The number of rotatable bonds is 6. The highest BCUT2D eigenvalue weighted by atomic mass is 15.0. The molecule has 1 rings (SSSR count). The SMILES string of the molecule is CC(C)CCC(C)NCc1ncccn1. The van der Waals surface area contributed by atoms with E-state index in [2.05, 4.69) is 36.1 Å². The fourth-order valence-electron chi connectivity index (χ4n) is 1.37. The van der Waals surface area contributed by atoms with Gasteiger partial charge in [-0.2, -0.15) is 0 Å². The van der Waals surface area contributed by atoms with E-state index in [0.717, 1.165) is 18.3 Å². The van der Waals surface area contributed by atoms with Crippen molar-refractivity contribution < 1.29 is 0 Å². The van der Waals surface area contributed by atoms with Gasteiger partial charge in [0.25, 0.3) is 0 Å². The van der Waals surface area contributed by atoms with E-state index in [1.807, 2.05) is 6.07 Å². The molecule has 15 heavy (non-hydrogen) atoms. The summed E-state index contributed by atoms with van der Waals surface area (Å²) in [6.07, 6.45) is 6.04. The van der Waals surface area contributed by atoms with E-state index in [0.29, 0.717) is 6.04 Å². The molecule has 1 unspecified atom stereocenters. The van der Waals surface area contributed by atoms with Crippen molar-refractivity contribution in [2.45, 2.75) is 46.2 Å². The standard InChI is InChI=1S/C12H21N3/c1-10(2)5-6-11(3)15-9-12-13-7-4-8-14-12/h4,7-8,10-11,15H,5-6,9H2,1-3H3. The zero-order chi connectivity index (χ0) is 11.1. The second-order valence-electron chi connectivity index (χ2n) is 4.42. The molecule has 0 aromatic carbocycles. The third kappa shape index (κ3) is 5.47. The number of aromatic nitrogens is 2. The lowest BCUT2D eigenvalue weighted by atomic mass is 10.0. The first-order chi connectivity index (χ1) is 7.18. The minimum Gasteiger partial charge on any atom is -0.307 e. The Bertz CT molecular complexity index is 259. The molecule has 0 spiro atoms. The predicted molar refractivity (Wildman–Crippen MR) is 62.4 cm³/mol. The first kappa shape index (κ1) is 12.1. The normalized spacial score (nSPS) is 13.1. The molecular weight excluding hydrogens is 186 g/mol. The number of hydrogen-bond acceptors (Lipinski definition) is 3. The van der Waals surface area contributed by atoms with Crippen molar-refractivity contribution in [2.75, 3.05) is 0 Å². The van der Waals surface area contributed by atoms with Crippen molar-refractivity contribution in [3.63, 3.8) is 0 Å². The average molecular weight is 207 g/mol. The van der Waals surface area contributed by atoms with Crippen LogP contribution in [-0.4, -0.2) is 16.0 Å². The summed E-state index contributed by atoms with van der Waals surface area (Å²) in [6, 6.07) is 2.38. The van der Waals surface area contributed by atoms with Crippen molar-refractivity contribution in [2.24, 2.45) is 5.92 Å². The molecule has 0 radical (unpaired) electrons. The van der Waals surface area contributed by atoms with Crippen LogP contribution in [0.15, 0.2) is 18.5 Å². The van der Waals surface area contributed by atoms with Gasteiger partial charge in [0.2, 0.25) is 0 Å². The molecule has 1 atom stereocenters. The highest BCUT2D eigenvalue weighted by Gasteiger charge is 2.03. The minimum absolute atomic E-state index is 0.538. The summed E-state index contributed by atoms with van der Waals surface area (Å²) in [5, 5.41) is 3.43. The Morgan fingerprint density at radius 2 is 1.80 bits per heavy atom. The van der Waals surface area contributed by atoms with Crippen molar-refractivity contribution in [3.8, 4) is 0 Å². The fourth-order valence-corrected chi connectivity index (χ4v) is 1.37. The molecule has 0 saturated carbocycles. The van der Waals surface area contributed by atoms with Gasteiger partial charge in [-0.1, -0.05) is 13.8 Å². The minimum atomic E-state index is 0.538. The molecule has 1 N–H and O–H groups in total. The van der Waals surface area contributed by atoms with E-state index < -0.39 is 0 Å². The van der Waals surface area contributed by atoms with Crippen molar-refractivity contribution in [1.29, 1.82) is 0 Å². The molecule has 0 aliphatic rings. The summed E-state index contributed by atoms with van der Waals surface area (Å²) < 4.78 is 0. The monoisotopic (exact) mass is 207 g/mol. The van der Waals surface area contributed by atoms with Crippen molar-refractivity contribution in [3.05, 3.63) is 24.3 Å². The van der Waals surface area contributed by atoms with Gasteiger partial charge in [-0.15, -0.1) is 0 Å². The van der Waals surface area contributed by atoms with E-state index in [1.165, 1.54) is 12.8 Å². The van der Waals surface area contributed by atoms with Crippen LogP contribution in [0.2, 0.25) is 0 Å². The number of hydrogen-bond donors (Lipinski definition) is 1. The molecule has 84 valence electrons. The molecule has 0 aliphatic carbocycles. The molecule has 0 saturated heterocycles. The smallest absolute Gasteiger partial charge is 0.141 e. The number of nitrogens with one attached hydrogen (secondary N) is 1. The van der Waals surface area contributed by atoms with E-state index in [4.69, 9.17) is 0 Å². The van der Waals surface area contributed by atoms with Crippen LogP contribution in [0.1, 0.15) is 39.4 Å². The summed E-state index contributed by atoms with van der Waals surface area (Å²) in [5.41, 5.74) is 0. The lowest BCUT2D eigenvalue weighted by molar-refractivity contribution is 0.446. The quantitative estimate of drug-likeness (QED) is 0.778. The van der Waals surface area contributed by atoms with Gasteiger partial charge in [0.1, 0.15) is 5.82 Å². The van der Waals surface area contributed by atoms with Gasteiger partial charge in [-0.05, 0) is 31.7 Å². The van der Waals surface area contributed by atoms with Crippen LogP contribution in [0.5, 0.6) is 0 Å². The largest absolute Gasteiger partial charge is 0.307 e. The summed E-state index contributed by atoms with van der Waals surface area (Å²) in [7, 11) is 0. The molecule has 1 aromatic rings. The van der Waals surface area contributed by atoms with Crippen LogP contribution < -0.4 is 5.32 Å². The van der Waals surface area contributed by atoms with E-state index in [9.17, 15) is 0 Å². The summed E-state index contributed by atoms with van der Waals surface area (Å²) >= 11 is 0. The summed E-state index contributed by atoms with van der Waals surface area (Å²) in [6.45, 7) is 7.49. The molecule has 1 heterocycles. The Labute approximate surface area is 92.3 Å². The van der Waals surface area contributed by atoms with Crippen LogP contribution in [0.4, 0.5) is 0 Å². The van der Waals surface area contributed by atoms with Gasteiger partial charge in [0.15, 0.2) is 0 Å². The highest BCUT2D eigenvalue weighted by molar-refractivity contribution is 4.88. The van der Waals surface area contributed by atoms with Crippen LogP contribution in [0.3, 0.4) is 0 Å². The first-order valence-electron chi connectivity index (χ1n) is 5.67. The zero-order valence-electron chi connectivity index (χ0n) is 9.90. The molecule has 0 fully saturated rings. The average Bonchev–Trinajstić information content (AvgIpc) is 2.25. The van der Waals surface area contributed by atoms with E-state index >= 15 is 0 Å². The van der Waals surface area contributed by atoms with Crippen molar-refractivity contribution in [1.82, 2.24) is 15.3 Å². The Hall–Kier alpha value is -0.960. The number of nitrogens with zero attached hydrogens (tertiary/aromatic N) is 2. The van der Waals surface area contributed by atoms with Gasteiger partial charge in [0, 0.05) is 18.4 Å². The van der Waals surface area contributed by atoms with Crippen LogP contribution in [0, 0.1) is 5.92 Å².